The number of rotatable bonds is 2. The molecule has 148 valence electrons. The summed E-state index contributed by atoms with van der Waals surface area (Å²) in [7, 11) is 0. The molecule has 5 rings (SSSR count). The van der Waals surface area contributed by atoms with Crippen LogP contribution in [0.25, 0.3) is 0 Å². The van der Waals surface area contributed by atoms with E-state index in [0.29, 0.717) is 0 Å². The fraction of sp³-hybridized carbons (Fsp3) is 0.545. The molecule has 0 unspecified atom stereocenters. The summed E-state index contributed by atoms with van der Waals surface area (Å²) in [5.74, 6) is 2.26. The van der Waals surface area contributed by atoms with Crippen LogP contribution >= 0.6 is 0 Å². The SMILES string of the molecule is Cc1cc(N2CCN(c3ncccn3)CC2)cc2c1OC1(CCCCCC1)O2. The molecule has 0 radical (unpaired) electrons. The summed E-state index contributed by atoms with van der Waals surface area (Å²) in [5, 5.41) is 0. The molecule has 1 saturated heterocycles. The predicted molar refractivity (Wildman–Crippen MR) is 109 cm³/mol. The number of nitrogens with zero attached hydrogens (tertiary/aromatic N) is 4. The Morgan fingerprint density at radius 3 is 2.25 bits per heavy atom. The number of aromatic nitrogens is 2. The molecule has 1 spiro atoms. The van der Waals surface area contributed by atoms with Crippen LogP contribution in [0.2, 0.25) is 0 Å². The maximum absolute atomic E-state index is 6.44. The number of hydrogen-bond donors (Lipinski definition) is 0. The monoisotopic (exact) mass is 380 g/mol. The molecule has 2 aromatic rings. The van der Waals surface area contributed by atoms with Crippen LogP contribution in [-0.2, 0) is 0 Å². The second-order valence-electron chi connectivity index (χ2n) is 8.14. The van der Waals surface area contributed by atoms with Gasteiger partial charge < -0.3 is 19.3 Å². The van der Waals surface area contributed by atoms with Gasteiger partial charge >= 0.3 is 0 Å². The Morgan fingerprint density at radius 2 is 1.54 bits per heavy atom. The second kappa shape index (κ2) is 7.15. The van der Waals surface area contributed by atoms with Gasteiger partial charge in [-0.05, 0) is 37.5 Å². The smallest absolute Gasteiger partial charge is 0.251 e. The van der Waals surface area contributed by atoms with Gasteiger partial charge in [0.15, 0.2) is 11.5 Å². The molecule has 0 N–H and O–H groups in total. The lowest BCUT2D eigenvalue weighted by atomic mass is 10.1. The minimum atomic E-state index is -0.425. The van der Waals surface area contributed by atoms with Crippen molar-refractivity contribution in [2.75, 3.05) is 36.0 Å². The van der Waals surface area contributed by atoms with E-state index in [2.05, 4.69) is 38.8 Å². The van der Waals surface area contributed by atoms with Crippen LogP contribution in [0.3, 0.4) is 0 Å². The predicted octanol–water partition coefficient (Wildman–Crippen LogP) is 3.93. The van der Waals surface area contributed by atoms with Crippen LogP contribution in [0, 0.1) is 6.92 Å². The number of aryl methyl sites for hydroxylation is 1. The highest BCUT2D eigenvalue weighted by Gasteiger charge is 2.42. The van der Waals surface area contributed by atoms with Gasteiger partial charge in [0.05, 0.1) is 0 Å². The zero-order valence-electron chi connectivity index (χ0n) is 16.6. The highest BCUT2D eigenvalue weighted by atomic mass is 16.7. The molecule has 1 aliphatic carbocycles. The van der Waals surface area contributed by atoms with Crippen molar-refractivity contribution in [2.45, 2.75) is 51.2 Å². The largest absolute Gasteiger partial charge is 0.448 e. The van der Waals surface area contributed by atoms with E-state index in [1.165, 1.54) is 36.9 Å². The highest BCUT2D eigenvalue weighted by Crippen LogP contribution is 2.48. The topological polar surface area (TPSA) is 50.7 Å². The third-order valence-electron chi connectivity index (χ3n) is 6.15. The van der Waals surface area contributed by atoms with Gasteiger partial charge in [0.25, 0.3) is 5.79 Å². The Hall–Kier alpha value is -2.50. The Labute approximate surface area is 166 Å². The third kappa shape index (κ3) is 3.25. The van der Waals surface area contributed by atoms with Crippen molar-refractivity contribution < 1.29 is 9.47 Å². The number of piperazine rings is 1. The maximum Gasteiger partial charge on any atom is 0.251 e. The van der Waals surface area contributed by atoms with E-state index >= 15 is 0 Å². The van der Waals surface area contributed by atoms with Crippen LogP contribution in [-0.4, -0.2) is 41.9 Å². The third-order valence-corrected chi connectivity index (χ3v) is 6.15. The van der Waals surface area contributed by atoms with Crippen molar-refractivity contribution in [3.05, 3.63) is 36.2 Å². The van der Waals surface area contributed by atoms with E-state index in [0.717, 1.165) is 56.5 Å². The summed E-state index contributed by atoms with van der Waals surface area (Å²) in [6, 6.07) is 6.28. The Morgan fingerprint density at radius 1 is 0.857 bits per heavy atom. The first-order chi connectivity index (χ1) is 13.7. The summed E-state index contributed by atoms with van der Waals surface area (Å²) in [6.45, 7) is 5.86. The molecule has 0 atom stereocenters. The molecule has 2 aliphatic heterocycles. The fourth-order valence-electron chi connectivity index (χ4n) is 4.61. The molecule has 0 amide bonds. The number of ether oxygens (including phenoxy) is 2. The summed E-state index contributed by atoms with van der Waals surface area (Å²) in [5.41, 5.74) is 2.39. The summed E-state index contributed by atoms with van der Waals surface area (Å²) < 4.78 is 12.8. The van der Waals surface area contributed by atoms with Crippen molar-refractivity contribution in [3.8, 4) is 11.5 Å². The molecule has 3 aliphatic rings. The van der Waals surface area contributed by atoms with Gasteiger partial charge in [-0.15, -0.1) is 0 Å². The highest BCUT2D eigenvalue weighted by molar-refractivity contribution is 5.62. The molecule has 3 heterocycles. The molecular formula is C22H28N4O2. The quantitative estimate of drug-likeness (QED) is 0.787. The number of anilines is 2. The normalized spacial score (nSPS) is 21.0. The first kappa shape index (κ1) is 17.6. The zero-order valence-corrected chi connectivity index (χ0v) is 16.6. The van der Waals surface area contributed by atoms with Crippen LogP contribution in [0.4, 0.5) is 11.6 Å². The average Bonchev–Trinajstić information content (AvgIpc) is 2.95. The van der Waals surface area contributed by atoms with E-state index in [4.69, 9.17) is 9.47 Å². The first-order valence-electron chi connectivity index (χ1n) is 10.5. The summed E-state index contributed by atoms with van der Waals surface area (Å²) in [6.07, 6.45) is 10.5. The van der Waals surface area contributed by atoms with Crippen LogP contribution in [0.1, 0.15) is 44.1 Å². The van der Waals surface area contributed by atoms with Crippen LogP contribution in [0.15, 0.2) is 30.6 Å². The van der Waals surface area contributed by atoms with Gasteiger partial charge in [-0.1, -0.05) is 12.8 Å². The van der Waals surface area contributed by atoms with E-state index in [-0.39, 0.29) is 0 Å². The van der Waals surface area contributed by atoms with Crippen molar-refractivity contribution in [3.63, 3.8) is 0 Å². The zero-order chi connectivity index (χ0) is 19.0. The van der Waals surface area contributed by atoms with Crippen molar-refractivity contribution >= 4 is 11.6 Å². The number of fused-ring (bicyclic) bond motifs is 1. The fourth-order valence-corrected chi connectivity index (χ4v) is 4.61. The second-order valence-corrected chi connectivity index (χ2v) is 8.14. The standard InChI is InChI=1S/C22H28N4O2/c1-17-15-18(25-11-13-26(14-12-25)21-23-9-6-10-24-21)16-19-20(17)28-22(27-19)7-4-2-3-5-8-22/h6,9-10,15-16H,2-5,7-8,11-14H2,1H3. The first-order valence-corrected chi connectivity index (χ1v) is 10.5. The van der Waals surface area contributed by atoms with Gasteiger partial charge in [0.2, 0.25) is 5.95 Å². The molecule has 1 saturated carbocycles. The van der Waals surface area contributed by atoms with Crippen molar-refractivity contribution in [1.82, 2.24) is 9.97 Å². The number of hydrogen-bond acceptors (Lipinski definition) is 6. The molecule has 1 aromatic heterocycles. The van der Waals surface area contributed by atoms with Crippen molar-refractivity contribution in [2.24, 2.45) is 0 Å². The summed E-state index contributed by atoms with van der Waals surface area (Å²) >= 11 is 0. The Kier molecular flexibility index (Phi) is 4.49. The molecule has 2 fully saturated rings. The van der Waals surface area contributed by atoms with E-state index in [1.807, 2.05) is 6.07 Å². The lowest BCUT2D eigenvalue weighted by molar-refractivity contribution is -0.0902. The lowest BCUT2D eigenvalue weighted by Gasteiger charge is -2.36. The van der Waals surface area contributed by atoms with Crippen LogP contribution in [0.5, 0.6) is 11.5 Å². The molecule has 6 heteroatoms. The van der Waals surface area contributed by atoms with Gasteiger partial charge in [-0.25, -0.2) is 9.97 Å². The molecule has 1 aromatic carbocycles. The van der Waals surface area contributed by atoms with E-state index in [1.54, 1.807) is 12.4 Å². The molecule has 28 heavy (non-hydrogen) atoms. The van der Waals surface area contributed by atoms with Gasteiger partial charge in [0.1, 0.15) is 0 Å². The van der Waals surface area contributed by atoms with Gasteiger partial charge in [-0.2, -0.15) is 0 Å². The van der Waals surface area contributed by atoms with E-state index in [9.17, 15) is 0 Å². The minimum Gasteiger partial charge on any atom is -0.448 e. The summed E-state index contributed by atoms with van der Waals surface area (Å²) in [4.78, 5) is 13.4. The number of benzene rings is 1. The maximum atomic E-state index is 6.44. The Bertz CT molecular complexity index is 826. The molecule has 6 nitrogen and oxygen atoms in total. The average molecular weight is 380 g/mol. The van der Waals surface area contributed by atoms with Gasteiger partial charge in [-0.3, -0.25) is 0 Å². The minimum absolute atomic E-state index is 0.425. The van der Waals surface area contributed by atoms with E-state index < -0.39 is 5.79 Å². The Balaban J connectivity index is 1.31. The lowest BCUT2D eigenvalue weighted by Crippen LogP contribution is -2.47. The van der Waals surface area contributed by atoms with Gasteiger partial charge in [0, 0.05) is 63.2 Å². The van der Waals surface area contributed by atoms with Crippen LogP contribution < -0.4 is 19.3 Å². The molecular weight excluding hydrogens is 352 g/mol. The van der Waals surface area contributed by atoms with Crippen molar-refractivity contribution in [1.29, 1.82) is 0 Å². The molecule has 0 bridgehead atoms.